The molecule has 2 atom stereocenters. The van der Waals surface area contributed by atoms with Crippen molar-refractivity contribution >= 4 is 16.7 Å². The van der Waals surface area contributed by atoms with E-state index >= 15 is 0 Å². The van der Waals surface area contributed by atoms with E-state index < -0.39 is 0 Å². The normalized spacial score (nSPS) is 18.3. The Bertz CT molecular complexity index is 1190. The fourth-order valence-electron chi connectivity index (χ4n) is 4.17. The minimum atomic E-state index is -0.226. The van der Waals surface area contributed by atoms with Crippen molar-refractivity contribution in [1.29, 1.82) is 0 Å². The summed E-state index contributed by atoms with van der Waals surface area (Å²) in [6.45, 7) is 0.550. The first-order valence-corrected chi connectivity index (χ1v) is 10.7. The molecule has 5 nitrogen and oxygen atoms in total. The summed E-state index contributed by atoms with van der Waals surface area (Å²) < 4.78 is 11.6. The van der Waals surface area contributed by atoms with Gasteiger partial charge in [-0.15, -0.1) is 0 Å². The fourth-order valence-corrected chi connectivity index (χ4v) is 4.17. The fraction of sp³-hybridized carbons (Fsp3) is 0.231. The molecular weight excluding hydrogens is 388 g/mol. The molecule has 3 aromatic carbocycles. The quantitative estimate of drug-likeness (QED) is 0.463. The van der Waals surface area contributed by atoms with Crippen LogP contribution in [-0.4, -0.2) is 23.2 Å². The molecule has 1 heterocycles. The van der Waals surface area contributed by atoms with Crippen molar-refractivity contribution in [3.63, 3.8) is 0 Å². The third-order valence-corrected chi connectivity index (χ3v) is 5.85. The molecular formula is C26H24N2O3. The predicted octanol–water partition coefficient (Wildman–Crippen LogP) is 5.36. The van der Waals surface area contributed by atoms with Crippen LogP contribution in [0.2, 0.25) is 0 Å². The molecule has 0 aliphatic heterocycles. The lowest BCUT2D eigenvalue weighted by molar-refractivity contribution is 0.0271. The maximum absolute atomic E-state index is 12.8. The van der Waals surface area contributed by atoms with Gasteiger partial charge in [0.15, 0.2) is 11.5 Å². The number of carbonyl (C=O) groups excluding carboxylic acids is 1. The number of aromatic nitrogens is 1. The summed E-state index contributed by atoms with van der Waals surface area (Å²) in [6.07, 6.45) is 2.89. The van der Waals surface area contributed by atoms with Crippen LogP contribution >= 0.6 is 0 Å². The van der Waals surface area contributed by atoms with Crippen LogP contribution in [0.1, 0.15) is 35.3 Å². The van der Waals surface area contributed by atoms with Gasteiger partial charge in [-0.05, 0) is 41.7 Å². The van der Waals surface area contributed by atoms with Crippen LogP contribution in [-0.2, 0) is 11.3 Å². The zero-order valence-corrected chi connectivity index (χ0v) is 17.2. The van der Waals surface area contributed by atoms with E-state index in [1.807, 2.05) is 60.7 Å². The van der Waals surface area contributed by atoms with Crippen molar-refractivity contribution in [2.24, 2.45) is 0 Å². The van der Waals surface area contributed by atoms with Gasteiger partial charge in [0.1, 0.15) is 0 Å². The van der Waals surface area contributed by atoms with Gasteiger partial charge in [-0.2, -0.15) is 0 Å². The van der Waals surface area contributed by atoms with Crippen LogP contribution < -0.4 is 5.32 Å². The molecule has 0 radical (unpaired) electrons. The summed E-state index contributed by atoms with van der Waals surface area (Å²) in [7, 11) is 0. The van der Waals surface area contributed by atoms with Crippen molar-refractivity contribution in [3.8, 4) is 11.3 Å². The van der Waals surface area contributed by atoms with Gasteiger partial charge in [-0.25, -0.2) is 0 Å². The molecule has 4 aromatic rings. The molecule has 0 spiro atoms. The van der Waals surface area contributed by atoms with Crippen molar-refractivity contribution in [1.82, 2.24) is 10.5 Å². The smallest absolute Gasteiger partial charge is 0.273 e. The van der Waals surface area contributed by atoms with Crippen molar-refractivity contribution in [3.05, 3.63) is 90.1 Å². The second-order valence-electron chi connectivity index (χ2n) is 7.98. The molecule has 1 saturated carbocycles. The Kier molecular flexibility index (Phi) is 5.50. The standard InChI is InChI=1S/C26H24N2O3/c29-26(27-22-11-6-12-24(22)30-17-18-7-2-1-3-8-18)23-16-25(31-28-23)21-14-13-19-9-4-5-10-20(19)15-21/h1-5,7-10,13-16,22,24H,6,11-12,17H2,(H,27,29)/t22-,24-/m0/s1. The molecule has 1 amide bonds. The minimum Gasteiger partial charge on any atom is -0.371 e. The lowest BCUT2D eigenvalue weighted by atomic mass is 10.1. The highest BCUT2D eigenvalue weighted by molar-refractivity contribution is 5.94. The Labute approximate surface area is 181 Å². The molecule has 1 aliphatic rings. The Morgan fingerprint density at radius 1 is 0.968 bits per heavy atom. The monoisotopic (exact) mass is 412 g/mol. The molecule has 156 valence electrons. The predicted molar refractivity (Wildman–Crippen MR) is 120 cm³/mol. The molecule has 1 fully saturated rings. The molecule has 0 unspecified atom stereocenters. The third-order valence-electron chi connectivity index (χ3n) is 5.85. The first kappa shape index (κ1) is 19.5. The Morgan fingerprint density at radius 3 is 2.65 bits per heavy atom. The maximum atomic E-state index is 12.8. The number of fused-ring (bicyclic) bond motifs is 1. The van der Waals surface area contributed by atoms with Gasteiger partial charge in [-0.1, -0.05) is 71.9 Å². The zero-order chi connectivity index (χ0) is 21.0. The van der Waals surface area contributed by atoms with Crippen molar-refractivity contribution < 1.29 is 14.1 Å². The van der Waals surface area contributed by atoms with E-state index in [9.17, 15) is 4.79 Å². The lowest BCUT2D eigenvalue weighted by Gasteiger charge is -2.21. The minimum absolute atomic E-state index is 0.0102. The molecule has 0 saturated heterocycles. The van der Waals surface area contributed by atoms with Gasteiger partial charge in [0, 0.05) is 11.6 Å². The first-order chi connectivity index (χ1) is 15.3. The van der Waals surface area contributed by atoms with Crippen LogP contribution in [0.3, 0.4) is 0 Å². The Morgan fingerprint density at radius 2 is 1.77 bits per heavy atom. The molecule has 1 aromatic heterocycles. The molecule has 1 aliphatic carbocycles. The van der Waals surface area contributed by atoms with E-state index in [1.165, 1.54) is 0 Å². The molecule has 1 N–H and O–H groups in total. The summed E-state index contributed by atoms with van der Waals surface area (Å²) in [5, 5.41) is 9.37. The second-order valence-corrected chi connectivity index (χ2v) is 7.98. The molecule has 5 heteroatoms. The third kappa shape index (κ3) is 4.37. The van der Waals surface area contributed by atoms with Gasteiger partial charge in [-0.3, -0.25) is 4.79 Å². The summed E-state index contributed by atoms with van der Waals surface area (Å²) >= 11 is 0. The van der Waals surface area contributed by atoms with Crippen LogP contribution in [0.4, 0.5) is 0 Å². The molecule has 0 bridgehead atoms. The largest absolute Gasteiger partial charge is 0.371 e. The number of nitrogens with zero attached hydrogens (tertiary/aromatic N) is 1. The van der Waals surface area contributed by atoms with Gasteiger partial charge >= 0.3 is 0 Å². The van der Waals surface area contributed by atoms with Crippen LogP contribution in [0.15, 0.2) is 83.4 Å². The number of hydrogen-bond donors (Lipinski definition) is 1. The Balaban J connectivity index is 1.24. The van der Waals surface area contributed by atoms with E-state index in [2.05, 4.69) is 22.6 Å². The van der Waals surface area contributed by atoms with Gasteiger partial charge in [0.25, 0.3) is 5.91 Å². The summed E-state index contributed by atoms with van der Waals surface area (Å²) in [6, 6.07) is 26.0. The van der Waals surface area contributed by atoms with E-state index in [0.717, 1.165) is 41.2 Å². The number of rotatable bonds is 6. The van der Waals surface area contributed by atoms with Crippen LogP contribution in [0.25, 0.3) is 22.1 Å². The SMILES string of the molecule is O=C(N[C@H]1CCC[C@@H]1OCc1ccccc1)c1cc(-c2ccc3ccccc3c2)on1. The number of benzene rings is 3. The summed E-state index contributed by atoms with van der Waals surface area (Å²) in [5.41, 5.74) is 2.32. The Hall–Kier alpha value is -3.44. The number of carbonyl (C=O) groups is 1. The topological polar surface area (TPSA) is 64.4 Å². The number of hydrogen-bond acceptors (Lipinski definition) is 4. The summed E-state index contributed by atoms with van der Waals surface area (Å²) in [5.74, 6) is 0.357. The van der Waals surface area contributed by atoms with Gasteiger partial charge in [0.2, 0.25) is 0 Å². The van der Waals surface area contributed by atoms with Crippen molar-refractivity contribution in [2.45, 2.75) is 38.0 Å². The van der Waals surface area contributed by atoms with Gasteiger partial charge in [0.05, 0.1) is 18.8 Å². The van der Waals surface area contributed by atoms with E-state index in [-0.39, 0.29) is 23.7 Å². The van der Waals surface area contributed by atoms with Gasteiger partial charge < -0.3 is 14.6 Å². The lowest BCUT2D eigenvalue weighted by Crippen LogP contribution is -2.41. The van der Waals surface area contributed by atoms with Crippen molar-refractivity contribution in [2.75, 3.05) is 0 Å². The van der Waals surface area contributed by atoms with E-state index in [0.29, 0.717) is 12.4 Å². The molecule has 31 heavy (non-hydrogen) atoms. The number of ether oxygens (including phenoxy) is 1. The maximum Gasteiger partial charge on any atom is 0.273 e. The first-order valence-electron chi connectivity index (χ1n) is 10.7. The highest BCUT2D eigenvalue weighted by Gasteiger charge is 2.30. The number of nitrogens with one attached hydrogen (secondary N) is 1. The average Bonchev–Trinajstić information content (AvgIpc) is 3.48. The highest BCUT2D eigenvalue weighted by Crippen LogP contribution is 2.26. The van der Waals surface area contributed by atoms with E-state index in [1.54, 1.807) is 6.07 Å². The zero-order valence-electron chi connectivity index (χ0n) is 17.2. The number of amides is 1. The van der Waals surface area contributed by atoms with Crippen LogP contribution in [0, 0.1) is 0 Å². The highest BCUT2D eigenvalue weighted by atomic mass is 16.5. The van der Waals surface area contributed by atoms with E-state index in [4.69, 9.17) is 9.26 Å². The average molecular weight is 412 g/mol. The molecule has 5 rings (SSSR count). The second kappa shape index (κ2) is 8.74. The summed E-state index contributed by atoms with van der Waals surface area (Å²) in [4.78, 5) is 12.8. The van der Waals surface area contributed by atoms with Crippen LogP contribution in [0.5, 0.6) is 0 Å².